The van der Waals surface area contributed by atoms with Crippen molar-refractivity contribution in [1.29, 1.82) is 0 Å². The molecule has 1 aromatic carbocycles. The van der Waals surface area contributed by atoms with Crippen LogP contribution in [0.3, 0.4) is 0 Å². The zero-order valence-electron chi connectivity index (χ0n) is 10.8. The highest BCUT2D eigenvalue weighted by Crippen LogP contribution is 2.22. The number of aromatic nitrogens is 2. The molecule has 2 rings (SSSR count). The molecule has 0 bridgehead atoms. The van der Waals surface area contributed by atoms with Gasteiger partial charge in [0.2, 0.25) is 0 Å². The Kier molecular flexibility index (Phi) is 3.28. The largest absolute Gasteiger partial charge is 0.383 e. The molecule has 0 atom stereocenters. The number of halogens is 1. The van der Waals surface area contributed by atoms with Gasteiger partial charge in [0.15, 0.2) is 5.82 Å². The van der Waals surface area contributed by atoms with E-state index >= 15 is 0 Å². The standard InChI is InChI=1S/C14H16FN3/c1-4-12-9(3)13(16)18-14(17-12)10-6-5-8(2)11(15)7-10/h5-7H,4H2,1-3H3,(H2,16,17,18). The monoisotopic (exact) mass is 245 g/mol. The molecule has 94 valence electrons. The van der Waals surface area contributed by atoms with Crippen molar-refractivity contribution < 1.29 is 4.39 Å². The Bertz CT molecular complexity index is 594. The van der Waals surface area contributed by atoms with E-state index in [2.05, 4.69) is 9.97 Å². The number of benzene rings is 1. The third kappa shape index (κ3) is 2.18. The van der Waals surface area contributed by atoms with Crippen molar-refractivity contribution in [3.63, 3.8) is 0 Å². The third-order valence-electron chi connectivity index (χ3n) is 3.05. The van der Waals surface area contributed by atoms with Crippen LogP contribution in [0.15, 0.2) is 18.2 Å². The van der Waals surface area contributed by atoms with Crippen LogP contribution in [-0.2, 0) is 6.42 Å². The first-order valence-electron chi connectivity index (χ1n) is 5.92. The number of hydrogen-bond acceptors (Lipinski definition) is 3. The maximum atomic E-state index is 13.5. The molecule has 2 N–H and O–H groups in total. The van der Waals surface area contributed by atoms with Gasteiger partial charge in [-0.05, 0) is 31.9 Å². The number of anilines is 1. The zero-order valence-corrected chi connectivity index (χ0v) is 10.8. The van der Waals surface area contributed by atoms with Gasteiger partial charge in [-0.25, -0.2) is 14.4 Å². The summed E-state index contributed by atoms with van der Waals surface area (Å²) in [5, 5.41) is 0. The summed E-state index contributed by atoms with van der Waals surface area (Å²) >= 11 is 0. The average molecular weight is 245 g/mol. The molecule has 0 saturated heterocycles. The summed E-state index contributed by atoms with van der Waals surface area (Å²) in [6.07, 6.45) is 0.778. The lowest BCUT2D eigenvalue weighted by Gasteiger charge is -2.09. The van der Waals surface area contributed by atoms with Crippen molar-refractivity contribution in [2.24, 2.45) is 0 Å². The number of hydrogen-bond donors (Lipinski definition) is 1. The molecular formula is C14H16FN3. The van der Waals surface area contributed by atoms with Crippen molar-refractivity contribution >= 4 is 5.82 Å². The maximum Gasteiger partial charge on any atom is 0.161 e. The second-order valence-corrected chi connectivity index (χ2v) is 4.32. The van der Waals surface area contributed by atoms with E-state index in [1.165, 1.54) is 6.07 Å². The van der Waals surface area contributed by atoms with Gasteiger partial charge in [0.25, 0.3) is 0 Å². The Labute approximate surface area is 106 Å². The number of aryl methyl sites for hydroxylation is 2. The molecule has 1 aromatic heterocycles. The lowest BCUT2D eigenvalue weighted by atomic mass is 10.1. The van der Waals surface area contributed by atoms with E-state index in [0.717, 1.165) is 17.7 Å². The second kappa shape index (κ2) is 4.72. The molecule has 0 amide bonds. The van der Waals surface area contributed by atoms with Crippen LogP contribution >= 0.6 is 0 Å². The summed E-state index contributed by atoms with van der Waals surface area (Å²) < 4.78 is 13.5. The van der Waals surface area contributed by atoms with Gasteiger partial charge in [-0.15, -0.1) is 0 Å². The Morgan fingerprint density at radius 1 is 1.22 bits per heavy atom. The van der Waals surface area contributed by atoms with Crippen molar-refractivity contribution in [1.82, 2.24) is 9.97 Å². The molecule has 0 aliphatic carbocycles. The zero-order chi connectivity index (χ0) is 13.3. The van der Waals surface area contributed by atoms with E-state index in [4.69, 9.17) is 5.73 Å². The fourth-order valence-electron chi connectivity index (χ4n) is 1.79. The molecule has 0 unspecified atom stereocenters. The van der Waals surface area contributed by atoms with Gasteiger partial charge in [-0.3, -0.25) is 0 Å². The molecule has 0 aliphatic rings. The van der Waals surface area contributed by atoms with Crippen molar-refractivity contribution in [2.75, 3.05) is 5.73 Å². The molecule has 3 nitrogen and oxygen atoms in total. The minimum atomic E-state index is -0.256. The van der Waals surface area contributed by atoms with Crippen LogP contribution in [0.25, 0.3) is 11.4 Å². The molecule has 4 heteroatoms. The van der Waals surface area contributed by atoms with E-state index in [1.807, 2.05) is 19.9 Å². The molecule has 0 saturated carbocycles. The molecule has 1 heterocycles. The fraction of sp³-hybridized carbons (Fsp3) is 0.286. The molecule has 0 fully saturated rings. The summed E-state index contributed by atoms with van der Waals surface area (Å²) in [5.74, 6) is 0.681. The molecule has 2 aromatic rings. The predicted molar refractivity (Wildman–Crippen MR) is 70.7 cm³/mol. The number of nitrogen functional groups attached to an aromatic ring is 1. The Morgan fingerprint density at radius 2 is 1.94 bits per heavy atom. The average Bonchev–Trinajstić information content (AvgIpc) is 2.36. The second-order valence-electron chi connectivity index (χ2n) is 4.32. The SMILES string of the molecule is CCc1nc(-c2ccc(C)c(F)c2)nc(N)c1C. The van der Waals surface area contributed by atoms with Crippen LogP contribution in [0, 0.1) is 19.7 Å². The highest BCUT2D eigenvalue weighted by atomic mass is 19.1. The summed E-state index contributed by atoms with van der Waals surface area (Å²) in [6.45, 7) is 5.63. The predicted octanol–water partition coefficient (Wildman–Crippen LogP) is 3.04. The summed E-state index contributed by atoms with van der Waals surface area (Å²) in [7, 11) is 0. The van der Waals surface area contributed by atoms with Crippen molar-refractivity contribution in [2.45, 2.75) is 27.2 Å². The van der Waals surface area contributed by atoms with Crippen LogP contribution in [0.5, 0.6) is 0 Å². The van der Waals surface area contributed by atoms with Gasteiger partial charge in [0.1, 0.15) is 11.6 Å². The van der Waals surface area contributed by atoms with Crippen molar-refractivity contribution in [3.05, 3.63) is 40.8 Å². The van der Waals surface area contributed by atoms with Crippen LogP contribution in [0.4, 0.5) is 10.2 Å². The van der Waals surface area contributed by atoms with E-state index in [0.29, 0.717) is 22.8 Å². The van der Waals surface area contributed by atoms with Crippen LogP contribution in [0.2, 0.25) is 0 Å². The van der Waals surface area contributed by atoms with E-state index in [9.17, 15) is 4.39 Å². The van der Waals surface area contributed by atoms with Gasteiger partial charge in [0.05, 0.1) is 0 Å². The Morgan fingerprint density at radius 3 is 2.56 bits per heavy atom. The molecule has 0 radical (unpaired) electrons. The van der Waals surface area contributed by atoms with Gasteiger partial charge >= 0.3 is 0 Å². The minimum Gasteiger partial charge on any atom is -0.383 e. The molecule has 0 aliphatic heterocycles. The quantitative estimate of drug-likeness (QED) is 0.884. The molecule has 18 heavy (non-hydrogen) atoms. The molecule has 0 spiro atoms. The van der Waals surface area contributed by atoms with Crippen LogP contribution < -0.4 is 5.73 Å². The first-order chi connectivity index (χ1) is 8.52. The smallest absolute Gasteiger partial charge is 0.161 e. The van der Waals surface area contributed by atoms with E-state index in [1.54, 1.807) is 13.0 Å². The maximum absolute atomic E-state index is 13.5. The highest BCUT2D eigenvalue weighted by molar-refractivity contribution is 5.59. The van der Waals surface area contributed by atoms with Gasteiger partial charge in [-0.2, -0.15) is 0 Å². The van der Waals surface area contributed by atoms with Gasteiger partial charge in [-0.1, -0.05) is 19.1 Å². The van der Waals surface area contributed by atoms with Crippen LogP contribution in [-0.4, -0.2) is 9.97 Å². The van der Waals surface area contributed by atoms with Crippen molar-refractivity contribution in [3.8, 4) is 11.4 Å². The highest BCUT2D eigenvalue weighted by Gasteiger charge is 2.10. The third-order valence-corrected chi connectivity index (χ3v) is 3.05. The first-order valence-corrected chi connectivity index (χ1v) is 5.92. The topological polar surface area (TPSA) is 51.8 Å². The number of nitrogens with two attached hydrogens (primary N) is 1. The summed E-state index contributed by atoms with van der Waals surface area (Å²) in [5.41, 5.74) is 8.91. The minimum absolute atomic E-state index is 0.256. The fourth-order valence-corrected chi connectivity index (χ4v) is 1.79. The Hall–Kier alpha value is -1.97. The van der Waals surface area contributed by atoms with Crippen LogP contribution in [0.1, 0.15) is 23.7 Å². The number of nitrogens with zero attached hydrogens (tertiary/aromatic N) is 2. The normalized spacial score (nSPS) is 10.7. The Balaban J connectivity index is 2.57. The van der Waals surface area contributed by atoms with E-state index in [-0.39, 0.29) is 5.82 Å². The first kappa shape index (κ1) is 12.5. The summed E-state index contributed by atoms with van der Waals surface area (Å²) in [4.78, 5) is 8.66. The lowest BCUT2D eigenvalue weighted by molar-refractivity contribution is 0.619. The summed E-state index contributed by atoms with van der Waals surface area (Å²) in [6, 6.07) is 4.97. The van der Waals surface area contributed by atoms with Gasteiger partial charge < -0.3 is 5.73 Å². The van der Waals surface area contributed by atoms with E-state index < -0.39 is 0 Å². The number of rotatable bonds is 2. The molecular weight excluding hydrogens is 229 g/mol. The lowest BCUT2D eigenvalue weighted by Crippen LogP contribution is -2.04. The van der Waals surface area contributed by atoms with Gasteiger partial charge in [0, 0.05) is 16.8 Å².